The van der Waals surface area contributed by atoms with Crippen molar-refractivity contribution >= 4 is 34.0 Å². The maximum Gasteiger partial charge on any atom is 0.256 e. The molecule has 7 heteroatoms. The minimum Gasteiger partial charge on any atom is -0.353 e. The van der Waals surface area contributed by atoms with Crippen LogP contribution in [0.1, 0.15) is 40.2 Å². The van der Waals surface area contributed by atoms with Gasteiger partial charge >= 0.3 is 0 Å². The molecular formula is C27H28FN5O. The molecular weight excluding hydrogens is 429 g/mol. The Kier molecular flexibility index (Phi) is 6.02. The lowest BCUT2D eigenvalue weighted by Crippen LogP contribution is -2.29. The first-order chi connectivity index (χ1) is 16.5. The molecule has 1 aromatic heterocycles. The molecule has 1 saturated heterocycles. The van der Waals surface area contributed by atoms with Crippen molar-refractivity contribution in [3.63, 3.8) is 0 Å². The van der Waals surface area contributed by atoms with Crippen LogP contribution in [0.4, 0.5) is 21.6 Å². The number of H-pyrrole nitrogens is 1. The molecule has 0 radical (unpaired) electrons. The predicted molar refractivity (Wildman–Crippen MR) is 134 cm³/mol. The summed E-state index contributed by atoms with van der Waals surface area (Å²) in [6, 6.07) is 18.4. The first-order valence-corrected chi connectivity index (χ1v) is 11.6. The van der Waals surface area contributed by atoms with Gasteiger partial charge in [-0.15, -0.1) is 0 Å². The van der Waals surface area contributed by atoms with Gasteiger partial charge in [0.05, 0.1) is 11.2 Å². The number of carbonyl (C=O) groups is 1. The third-order valence-electron chi connectivity index (χ3n) is 6.65. The van der Waals surface area contributed by atoms with Crippen LogP contribution < -0.4 is 10.6 Å². The van der Waals surface area contributed by atoms with Crippen molar-refractivity contribution < 1.29 is 9.18 Å². The number of likely N-dealkylation sites (tertiary alicyclic amines) is 1. The van der Waals surface area contributed by atoms with Crippen LogP contribution in [-0.4, -0.2) is 41.1 Å². The van der Waals surface area contributed by atoms with Gasteiger partial charge in [-0.2, -0.15) is 5.10 Å². The van der Waals surface area contributed by atoms with Crippen molar-refractivity contribution in [3.05, 3.63) is 83.2 Å². The van der Waals surface area contributed by atoms with Gasteiger partial charge in [0.15, 0.2) is 5.82 Å². The van der Waals surface area contributed by atoms with Gasteiger partial charge < -0.3 is 15.5 Å². The SMILES string of the molecule is Cc1cccc(F)c1Nc1ccc2c(NC(=O)c3ccc(C4CCN(C)CC4)cc3)n[nH]c2c1. The highest BCUT2D eigenvalue weighted by atomic mass is 19.1. The summed E-state index contributed by atoms with van der Waals surface area (Å²) in [7, 11) is 2.16. The molecule has 0 saturated carbocycles. The number of para-hydroxylation sites is 1. The number of benzene rings is 3. The molecule has 1 amide bonds. The summed E-state index contributed by atoms with van der Waals surface area (Å²) in [6.45, 7) is 4.07. The molecule has 1 aliphatic rings. The molecule has 4 aromatic rings. The fourth-order valence-corrected chi connectivity index (χ4v) is 4.56. The molecule has 1 fully saturated rings. The van der Waals surface area contributed by atoms with Gasteiger partial charge in [-0.3, -0.25) is 9.89 Å². The topological polar surface area (TPSA) is 73.0 Å². The van der Waals surface area contributed by atoms with Crippen LogP contribution >= 0.6 is 0 Å². The van der Waals surface area contributed by atoms with E-state index in [4.69, 9.17) is 0 Å². The lowest BCUT2D eigenvalue weighted by molar-refractivity contribution is 0.102. The second-order valence-corrected chi connectivity index (χ2v) is 9.04. The lowest BCUT2D eigenvalue weighted by Gasteiger charge is -2.29. The second kappa shape index (κ2) is 9.27. The number of anilines is 3. The summed E-state index contributed by atoms with van der Waals surface area (Å²) in [5.74, 6) is 0.513. The number of hydrogen-bond donors (Lipinski definition) is 3. The molecule has 5 rings (SSSR count). The van der Waals surface area contributed by atoms with E-state index >= 15 is 0 Å². The van der Waals surface area contributed by atoms with Gasteiger partial charge in [0.25, 0.3) is 5.91 Å². The van der Waals surface area contributed by atoms with Crippen LogP contribution in [0, 0.1) is 12.7 Å². The van der Waals surface area contributed by atoms with E-state index in [0.29, 0.717) is 23.0 Å². The van der Waals surface area contributed by atoms with Crippen LogP contribution in [0.25, 0.3) is 10.9 Å². The average molecular weight is 458 g/mol. The average Bonchev–Trinajstić information content (AvgIpc) is 3.24. The first-order valence-electron chi connectivity index (χ1n) is 11.6. The van der Waals surface area contributed by atoms with Crippen molar-refractivity contribution in [2.24, 2.45) is 0 Å². The van der Waals surface area contributed by atoms with E-state index in [0.717, 1.165) is 48.1 Å². The number of rotatable bonds is 5. The van der Waals surface area contributed by atoms with E-state index in [1.807, 2.05) is 43.3 Å². The maximum atomic E-state index is 14.2. The summed E-state index contributed by atoms with van der Waals surface area (Å²) in [5.41, 5.74) is 4.62. The Morgan fingerprint density at radius 2 is 1.85 bits per heavy atom. The summed E-state index contributed by atoms with van der Waals surface area (Å²) in [6.07, 6.45) is 2.29. The highest BCUT2D eigenvalue weighted by Crippen LogP contribution is 2.29. The fraction of sp³-hybridized carbons (Fsp3) is 0.259. The smallest absolute Gasteiger partial charge is 0.256 e. The first kappa shape index (κ1) is 22.1. The van der Waals surface area contributed by atoms with Gasteiger partial charge in [-0.25, -0.2) is 4.39 Å². The Labute approximate surface area is 198 Å². The maximum absolute atomic E-state index is 14.2. The van der Waals surface area contributed by atoms with E-state index in [1.54, 1.807) is 6.07 Å². The Morgan fingerprint density at radius 3 is 2.59 bits per heavy atom. The van der Waals surface area contributed by atoms with E-state index in [9.17, 15) is 9.18 Å². The molecule has 3 aromatic carbocycles. The number of carbonyl (C=O) groups excluding carboxylic acids is 1. The summed E-state index contributed by atoms with van der Waals surface area (Å²) >= 11 is 0. The van der Waals surface area contributed by atoms with Gasteiger partial charge in [-0.1, -0.05) is 24.3 Å². The normalized spacial score (nSPS) is 14.9. The second-order valence-electron chi connectivity index (χ2n) is 9.04. The van der Waals surface area contributed by atoms with Crippen molar-refractivity contribution in [2.45, 2.75) is 25.7 Å². The third kappa shape index (κ3) is 4.52. The van der Waals surface area contributed by atoms with Crippen LogP contribution in [0.15, 0.2) is 60.7 Å². The molecule has 174 valence electrons. The van der Waals surface area contributed by atoms with Crippen LogP contribution in [0.5, 0.6) is 0 Å². The summed E-state index contributed by atoms with van der Waals surface area (Å²) in [4.78, 5) is 15.2. The summed E-state index contributed by atoms with van der Waals surface area (Å²) in [5, 5.41) is 14.1. The van der Waals surface area contributed by atoms with Crippen molar-refractivity contribution in [1.82, 2.24) is 15.1 Å². The van der Waals surface area contributed by atoms with E-state index < -0.39 is 0 Å². The van der Waals surface area contributed by atoms with E-state index in [-0.39, 0.29) is 11.7 Å². The quantitative estimate of drug-likeness (QED) is 0.353. The van der Waals surface area contributed by atoms with Crippen LogP contribution in [0.3, 0.4) is 0 Å². The number of aromatic nitrogens is 2. The minimum atomic E-state index is -0.306. The predicted octanol–water partition coefficient (Wildman–Crippen LogP) is 5.82. The molecule has 0 atom stereocenters. The number of aromatic amines is 1. The minimum absolute atomic E-state index is 0.201. The molecule has 2 heterocycles. The number of nitrogens with one attached hydrogen (secondary N) is 3. The number of piperidine rings is 1. The van der Waals surface area contributed by atoms with Crippen LogP contribution in [-0.2, 0) is 0 Å². The molecule has 6 nitrogen and oxygen atoms in total. The number of aryl methyl sites for hydroxylation is 1. The molecule has 0 unspecified atom stereocenters. The van der Waals surface area contributed by atoms with Gasteiger partial charge in [0.2, 0.25) is 0 Å². The molecule has 3 N–H and O–H groups in total. The lowest BCUT2D eigenvalue weighted by atomic mass is 9.89. The highest BCUT2D eigenvalue weighted by molar-refractivity contribution is 6.08. The number of amides is 1. The number of halogens is 1. The Bertz CT molecular complexity index is 1300. The zero-order chi connectivity index (χ0) is 23.7. The molecule has 0 bridgehead atoms. The van der Waals surface area contributed by atoms with Gasteiger partial charge in [0, 0.05) is 16.6 Å². The van der Waals surface area contributed by atoms with Crippen molar-refractivity contribution in [1.29, 1.82) is 0 Å². The Hall–Kier alpha value is -3.71. The molecule has 0 aliphatic carbocycles. The Morgan fingerprint density at radius 1 is 1.09 bits per heavy atom. The van der Waals surface area contributed by atoms with E-state index in [1.165, 1.54) is 11.6 Å². The monoisotopic (exact) mass is 457 g/mol. The van der Waals surface area contributed by atoms with Gasteiger partial charge in [-0.05, 0) is 93.3 Å². The zero-order valence-corrected chi connectivity index (χ0v) is 19.4. The molecule has 1 aliphatic heterocycles. The number of nitrogens with zero attached hydrogens (tertiary/aromatic N) is 2. The van der Waals surface area contributed by atoms with Crippen molar-refractivity contribution in [2.75, 3.05) is 30.8 Å². The number of fused-ring (bicyclic) bond motifs is 1. The number of hydrogen-bond acceptors (Lipinski definition) is 4. The fourth-order valence-electron chi connectivity index (χ4n) is 4.56. The Balaban J connectivity index is 1.29. The van der Waals surface area contributed by atoms with Crippen molar-refractivity contribution in [3.8, 4) is 0 Å². The standard InChI is InChI=1S/C27H28FN5O/c1-17-4-3-5-23(28)25(17)29-21-10-11-22-24(16-21)31-32-26(22)30-27(34)20-8-6-18(7-9-20)19-12-14-33(2)15-13-19/h3-11,16,19,29H,12-15H2,1-2H3,(H2,30,31,32,34). The zero-order valence-electron chi connectivity index (χ0n) is 19.4. The third-order valence-corrected chi connectivity index (χ3v) is 6.65. The molecule has 34 heavy (non-hydrogen) atoms. The van der Waals surface area contributed by atoms with Crippen LogP contribution in [0.2, 0.25) is 0 Å². The largest absolute Gasteiger partial charge is 0.353 e. The van der Waals surface area contributed by atoms with E-state index in [2.05, 4.69) is 44.9 Å². The van der Waals surface area contributed by atoms with Gasteiger partial charge in [0.1, 0.15) is 5.82 Å². The highest BCUT2D eigenvalue weighted by Gasteiger charge is 2.19. The summed E-state index contributed by atoms with van der Waals surface area (Å²) < 4.78 is 14.2. The molecule has 0 spiro atoms.